The summed E-state index contributed by atoms with van der Waals surface area (Å²) >= 11 is 0. The third-order valence-electron chi connectivity index (χ3n) is 5.28. The van der Waals surface area contributed by atoms with E-state index >= 15 is 0 Å². The number of nitrogens with one attached hydrogen (secondary N) is 2. The number of carbonyl (C=O) groups excluding carboxylic acids is 2. The van der Waals surface area contributed by atoms with Crippen LogP contribution in [0.1, 0.15) is 44.1 Å². The molecule has 0 bridgehead atoms. The number of hydrogen-bond acceptors (Lipinski definition) is 3. The first-order valence-corrected chi connectivity index (χ1v) is 9.51. The predicted molar refractivity (Wildman–Crippen MR) is 97.9 cm³/mol. The highest BCUT2D eigenvalue weighted by Crippen LogP contribution is 2.27. The third kappa shape index (κ3) is 5.85. The van der Waals surface area contributed by atoms with Crippen LogP contribution >= 0.6 is 0 Å². The molecule has 2 fully saturated rings. The van der Waals surface area contributed by atoms with Gasteiger partial charge in [-0.05, 0) is 30.7 Å². The molecule has 1 saturated carbocycles. The lowest BCUT2D eigenvalue weighted by Crippen LogP contribution is -2.43. The van der Waals surface area contributed by atoms with Gasteiger partial charge >= 0.3 is 0 Å². The Morgan fingerprint density at radius 1 is 1.04 bits per heavy atom. The molecular weight excluding hydrogens is 314 g/mol. The molecule has 136 valence electrons. The van der Waals surface area contributed by atoms with Crippen LogP contribution < -0.4 is 10.6 Å². The minimum Gasteiger partial charge on any atom is -0.350 e. The van der Waals surface area contributed by atoms with E-state index in [9.17, 15) is 9.59 Å². The summed E-state index contributed by atoms with van der Waals surface area (Å²) in [5.74, 6) is 0.454. The molecule has 1 heterocycles. The monoisotopic (exact) mass is 343 g/mol. The average molecular weight is 343 g/mol. The Bertz CT molecular complexity index is 570. The van der Waals surface area contributed by atoms with Gasteiger partial charge in [0.15, 0.2) is 0 Å². The van der Waals surface area contributed by atoms with E-state index in [-0.39, 0.29) is 24.4 Å². The Morgan fingerprint density at radius 2 is 1.80 bits per heavy atom. The maximum absolute atomic E-state index is 12.1. The van der Waals surface area contributed by atoms with Crippen molar-refractivity contribution in [2.24, 2.45) is 5.92 Å². The fourth-order valence-corrected chi connectivity index (χ4v) is 3.94. The smallest absolute Gasteiger partial charge is 0.239 e. The van der Waals surface area contributed by atoms with Crippen LogP contribution in [-0.4, -0.2) is 42.4 Å². The van der Waals surface area contributed by atoms with Gasteiger partial charge in [-0.3, -0.25) is 14.5 Å². The average Bonchev–Trinajstić information content (AvgIpc) is 3.26. The van der Waals surface area contributed by atoms with Crippen molar-refractivity contribution in [3.05, 3.63) is 35.9 Å². The van der Waals surface area contributed by atoms with Gasteiger partial charge in [-0.15, -0.1) is 0 Å². The molecule has 1 aliphatic heterocycles. The number of hydrogen-bond donors (Lipinski definition) is 2. The summed E-state index contributed by atoms with van der Waals surface area (Å²) in [6.45, 7) is 2.89. The molecule has 2 N–H and O–H groups in total. The van der Waals surface area contributed by atoms with E-state index in [1.807, 2.05) is 6.07 Å². The zero-order valence-corrected chi connectivity index (χ0v) is 14.9. The van der Waals surface area contributed by atoms with Crippen LogP contribution in [0.25, 0.3) is 0 Å². The first-order chi connectivity index (χ1) is 12.2. The van der Waals surface area contributed by atoms with E-state index in [1.54, 1.807) is 0 Å². The van der Waals surface area contributed by atoms with Crippen LogP contribution in [0.4, 0.5) is 0 Å². The largest absolute Gasteiger partial charge is 0.350 e. The van der Waals surface area contributed by atoms with Gasteiger partial charge < -0.3 is 10.6 Å². The van der Waals surface area contributed by atoms with Crippen LogP contribution in [0.3, 0.4) is 0 Å². The third-order valence-corrected chi connectivity index (χ3v) is 5.28. The lowest BCUT2D eigenvalue weighted by molar-refractivity contribution is -0.126. The molecule has 1 aromatic rings. The summed E-state index contributed by atoms with van der Waals surface area (Å²) < 4.78 is 0. The minimum atomic E-state index is -0.0775. The highest BCUT2D eigenvalue weighted by molar-refractivity contribution is 5.84. The summed E-state index contributed by atoms with van der Waals surface area (Å²) in [5.41, 5.74) is 1.30. The van der Waals surface area contributed by atoms with Gasteiger partial charge in [0.1, 0.15) is 0 Å². The van der Waals surface area contributed by atoms with E-state index < -0.39 is 0 Å². The number of likely N-dealkylation sites (tertiary alicyclic amines) is 1. The summed E-state index contributed by atoms with van der Waals surface area (Å²) in [4.78, 5) is 26.3. The predicted octanol–water partition coefficient (Wildman–Crippen LogP) is 2.07. The Kier molecular flexibility index (Phi) is 6.45. The van der Waals surface area contributed by atoms with Crippen molar-refractivity contribution in [3.8, 4) is 0 Å². The molecule has 1 saturated heterocycles. The molecule has 0 spiro atoms. The summed E-state index contributed by atoms with van der Waals surface area (Å²) in [6, 6.07) is 10.6. The van der Waals surface area contributed by atoms with Crippen LogP contribution in [0, 0.1) is 5.92 Å². The van der Waals surface area contributed by atoms with Gasteiger partial charge in [0.05, 0.1) is 6.54 Å². The van der Waals surface area contributed by atoms with Gasteiger partial charge in [-0.25, -0.2) is 0 Å². The first kappa shape index (κ1) is 17.9. The Hall–Kier alpha value is -1.88. The molecule has 3 rings (SSSR count). The second-order valence-electron chi connectivity index (χ2n) is 7.41. The highest BCUT2D eigenvalue weighted by atomic mass is 16.2. The Labute approximate surface area is 150 Å². The van der Waals surface area contributed by atoms with Gasteiger partial charge in [-0.2, -0.15) is 0 Å². The maximum atomic E-state index is 12.1. The molecule has 1 aliphatic carbocycles. The first-order valence-electron chi connectivity index (χ1n) is 9.51. The standard InChI is InChI=1S/C20H29N3O2/c24-19(12-16-6-4-5-7-16)21-13-20(25)22-18-10-11-23(15-18)14-17-8-2-1-3-9-17/h1-3,8-9,16,18H,4-7,10-15H2,(H,21,24)(H,22,25). The molecule has 1 atom stereocenters. The molecule has 5 nitrogen and oxygen atoms in total. The molecule has 1 unspecified atom stereocenters. The van der Waals surface area contributed by atoms with Crippen molar-refractivity contribution in [1.29, 1.82) is 0 Å². The molecule has 0 radical (unpaired) electrons. The number of benzene rings is 1. The molecule has 1 aromatic carbocycles. The van der Waals surface area contributed by atoms with Crippen molar-refractivity contribution in [3.63, 3.8) is 0 Å². The van der Waals surface area contributed by atoms with E-state index in [4.69, 9.17) is 0 Å². The molecular formula is C20H29N3O2. The summed E-state index contributed by atoms with van der Waals surface area (Å²) in [7, 11) is 0. The van der Waals surface area contributed by atoms with Crippen LogP contribution in [0.2, 0.25) is 0 Å². The summed E-state index contributed by atoms with van der Waals surface area (Å²) in [6.07, 6.45) is 6.31. The van der Waals surface area contributed by atoms with E-state index in [1.165, 1.54) is 18.4 Å². The fraction of sp³-hybridized carbons (Fsp3) is 0.600. The van der Waals surface area contributed by atoms with Crippen molar-refractivity contribution in [1.82, 2.24) is 15.5 Å². The highest BCUT2D eigenvalue weighted by Gasteiger charge is 2.24. The second kappa shape index (κ2) is 8.99. The maximum Gasteiger partial charge on any atom is 0.239 e. The van der Waals surface area contributed by atoms with Crippen LogP contribution in [0.15, 0.2) is 30.3 Å². The number of nitrogens with zero attached hydrogens (tertiary/aromatic N) is 1. The van der Waals surface area contributed by atoms with Gasteiger partial charge in [0.25, 0.3) is 0 Å². The normalized spacial score (nSPS) is 21.4. The van der Waals surface area contributed by atoms with Crippen molar-refractivity contribution in [2.75, 3.05) is 19.6 Å². The SMILES string of the molecule is O=C(CC1CCCC1)NCC(=O)NC1CCN(Cc2ccccc2)C1. The molecule has 0 aromatic heterocycles. The quantitative estimate of drug-likeness (QED) is 0.797. The summed E-state index contributed by atoms with van der Waals surface area (Å²) in [5, 5.41) is 5.82. The van der Waals surface area contributed by atoms with E-state index in [0.717, 1.165) is 38.9 Å². The van der Waals surface area contributed by atoms with E-state index in [0.29, 0.717) is 12.3 Å². The number of rotatable bonds is 7. The zero-order valence-electron chi connectivity index (χ0n) is 14.9. The molecule has 5 heteroatoms. The van der Waals surface area contributed by atoms with E-state index in [2.05, 4.69) is 39.8 Å². The van der Waals surface area contributed by atoms with Crippen molar-refractivity contribution >= 4 is 11.8 Å². The molecule has 2 aliphatic rings. The Balaban J connectivity index is 1.32. The Morgan fingerprint density at radius 3 is 2.56 bits per heavy atom. The lowest BCUT2D eigenvalue weighted by Gasteiger charge is -2.17. The molecule has 2 amide bonds. The van der Waals surface area contributed by atoms with Crippen molar-refractivity contribution in [2.45, 2.75) is 51.1 Å². The number of amides is 2. The topological polar surface area (TPSA) is 61.4 Å². The van der Waals surface area contributed by atoms with Gasteiger partial charge in [0, 0.05) is 32.1 Å². The zero-order chi connectivity index (χ0) is 17.5. The van der Waals surface area contributed by atoms with Gasteiger partial charge in [-0.1, -0.05) is 43.2 Å². The van der Waals surface area contributed by atoms with Crippen molar-refractivity contribution < 1.29 is 9.59 Å². The van der Waals surface area contributed by atoms with Crippen LogP contribution in [-0.2, 0) is 16.1 Å². The second-order valence-corrected chi connectivity index (χ2v) is 7.41. The molecule has 25 heavy (non-hydrogen) atoms. The van der Waals surface area contributed by atoms with Gasteiger partial charge in [0.2, 0.25) is 11.8 Å². The lowest BCUT2D eigenvalue weighted by atomic mass is 10.0. The minimum absolute atomic E-state index is 0.0131. The fourth-order valence-electron chi connectivity index (χ4n) is 3.94. The number of carbonyl (C=O) groups is 2. The van der Waals surface area contributed by atoms with Crippen LogP contribution in [0.5, 0.6) is 0 Å².